The fourth-order valence-corrected chi connectivity index (χ4v) is 3.61. The second-order valence-corrected chi connectivity index (χ2v) is 7.11. The van der Waals surface area contributed by atoms with Gasteiger partial charge in [-0.25, -0.2) is 0 Å². The van der Waals surface area contributed by atoms with Gasteiger partial charge in [0.05, 0.1) is 46.1 Å². The number of methoxy groups -OCH3 is 1. The minimum Gasteiger partial charge on any atom is -0.497 e. The number of rotatable bonds is 7. The predicted octanol–water partition coefficient (Wildman–Crippen LogP) is 2.56. The second-order valence-electron chi connectivity index (χ2n) is 6.72. The van der Waals surface area contributed by atoms with Gasteiger partial charge in [-0.1, -0.05) is 6.07 Å². The quantitative estimate of drug-likeness (QED) is 0.729. The minimum atomic E-state index is 0.677. The van der Waals surface area contributed by atoms with E-state index in [4.69, 9.17) is 21.4 Å². The maximum Gasteiger partial charge on any atom is 0.174 e. The molecule has 0 spiro atoms. The van der Waals surface area contributed by atoms with Crippen LogP contribution in [0.2, 0.25) is 0 Å². The zero-order valence-corrected chi connectivity index (χ0v) is 16.2. The van der Waals surface area contributed by atoms with Crippen LogP contribution in [0.5, 0.6) is 5.75 Å². The number of piperidine rings is 1. The summed E-state index contributed by atoms with van der Waals surface area (Å²) in [6, 6.07) is 11.7. The number of benzene rings is 1. The Balaban J connectivity index is 1.63. The van der Waals surface area contributed by atoms with E-state index in [1.165, 1.54) is 32.4 Å². The van der Waals surface area contributed by atoms with Gasteiger partial charge in [0.2, 0.25) is 0 Å². The van der Waals surface area contributed by atoms with Crippen molar-refractivity contribution in [1.29, 1.82) is 0 Å². The first-order valence-corrected chi connectivity index (χ1v) is 9.71. The van der Waals surface area contributed by atoms with Crippen LogP contribution in [-0.2, 0) is 6.54 Å². The Morgan fingerprint density at radius 2 is 2.08 bits per heavy atom. The van der Waals surface area contributed by atoms with Crippen LogP contribution in [0.3, 0.4) is 0 Å². The van der Waals surface area contributed by atoms with Gasteiger partial charge in [0.1, 0.15) is 11.5 Å². The molecule has 2 heterocycles. The van der Waals surface area contributed by atoms with Gasteiger partial charge in [-0.05, 0) is 55.7 Å². The predicted molar refractivity (Wildman–Crippen MR) is 108 cm³/mol. The lowest BCUT2D eigenvalue weighted by atomic mass is 10.1. The highest BCUT2D eigenvalue weighted by molar-refractivity contribution is 7.80. The van der Waals surface area contributed by atoms with Crippen LogP contribution in [0.1, 0.15) is 25.0 Å². The number of nitrogens with one attached hydrogen (secondary N) is 2. The minimum absolute atomic E-state index is 0.677. The number of quaternary nitrogens is 1. The maximum absolute atomic E-state index is 5.70. The van der Waals surface area contributed by atoms with Crippen LogP contribution in [0.15, 0.2) is 47.1 Å². The number of thiocarbonyl (C=S) groups is 1. The Bertz CT molecular complexity index is 684. The number of nitrogens with zero attached hydrogens (tertiary/aromatic N) is 1. The summed E-state index contributed by atoms with van der Waals surface area (Å²) in [6.07, 6.45) is 5.75. The van der Waals surface area contributed by atoms with Crippen LogP contribution in [-0.4, -0.2) is 43.3 Å². The highest BCUT2D eigenvalue weighted by Crippen LogP contribution is 2.17. The molecule has 0 bridgehead atoms. The largest absolute Gasteiger partial charge is 0.497 e. The first kappa shape index (κ1) is 18.7. The summed E-state index contributed by atoms with van der Waals surface area (Å²) in [5.41, 5.74) is 0.934. The van der Waals surface area contributed by atoms with Gasteiger partial charge in [-0.3, -0.25) is 0 Å². The Morgan fingerprint density at radius 1 is 1.23 bits per heavy atom. The van der Waals surface area contributed by atoms with E-state index in [0.717, 1.165) is 30.3 Å². The summed E-state index contributed by atoms with van der Waals surface area (Å²) in [4.78, 5) is 3.86. The fourth-order valence-electron chi connectivity index (χ4n) is 3.34. The van der Waals surface area contributed by atoms with Gasteiger partial charge in [-0.2, -0.15) is 0 Å². The number of hydrogen-bond donors (Lipinski definition) is 2. The van der Waals surface area contributed by atoms with Crippen LogP contribution >= 0.6 is 12.2 Å². The first-order chi connectivity index (χ1) is 12.7. The topological polar surface area (TPSA) is 42.1 Å². The molecule has 2 N–H and O–H groups in total. The molecule has 0 radical (unpaired) electrons. The van der Waals surface area contributed by atoms with Crippen LogP contribution in [0.4, 0.5) is 5.69 Å². The Labute approximate surface area is 160 Å². The molecule has 6 heteroatoms. The van der Waals surface area contributed by atoms with Crippen molar-refractivity contribution >= 4 is 23.0 Å². The van der Waals surface area contributed by atoms with Crippen molar-refractivity contribution in [1.82, 2.24) is 4.90 Å². The molecule has 1 aromatic heterocycles. The van der Waals surface area contributed by atoms with Gasteiger partial charge >= 0.3 is 0 Å². The number of likely N-dealkylation sites (tertiary alicyclic amines) is 1. The SMILES string of the molecule is COc1cccc(NC(=S)N(CC[NH+]2CCCCC2)Cc2ccco2)c1. The molecule has 0 unspecified atom stereocenters. The summed E-state index contributed by atoms with van der Waals surface area (Å²) >= 11 is 5.70. The lowest BCUT2D eigenvalue weighted by molar-refractivity contribution is -0.904. The maximum atomic E-state index is 5.70. The first-order valence-electron chi connectivity index (χ1n) is 9.30. The van der Waals surface area contributed by atoms with E-state index in [1.54, 1.807) is 18.3 Å². The number of furan rings is 1. The smallest absolute Gasteiger partial charge is 0.174 e. The molecule has 26 heavy (non-hydrogen) atoms. The molecular weight excluding hydrogens is 346 g/mol. The molecule has 0 amide bonds. The molecule has 1 aliphatic heterocycles. The number of hydrogen-bond acceptors (Lipinski definition) is 3. The zero-order valence-electron chi connectivity index (χ0n) is 15.4. The molecule has 5 nitrogen and oxygen atoms in total. The van der Waals surface area contributed by atoms with Crippen LogP contribution < -0.4 is 15.0 Å². The van der Waals surface area contributed by atoms with Crippen LogP contribution in [0.25, 0.3) is 0 Å². The van der Waals surface area contributed by atoms with Crippen molar-refractivity contribution in [3.05, 3.63) is 48.4 Å². The number of anilines is 1. The fraction of sp³-hybridized carbons (Fsp3) is 0.450. The van der Waals surface area contributed by atoms with Crippen molar-refractivity contribution in [2.24, 2.45) is 0 Å². The average molecular weight is 375 g/mol. The molecule has 0 aliphatic carbocycles. The highest BCUT2D eigenvalue weighted by atomic mass is 32.1. The van der Waals surface area contributed by atoms with E-state index in [2.05, 4.69) is 10.2 Å². The molecule has 1 saturated heterocycles. The second kappa shape index (κ2) is 9.59. The molecule has 0 saturated carbocycles. The molecule has 1 aliphatic rings. The third kappa shape index (κ3) is 5.47. The summed E-state index contributed by atoms with van der Waals surface area (Å²) in [6.45, 7) is 5.22. The molecule has 1 fully saturated rings. The van der Waals surface area contributed by atoms with E-state index in [9.17, 15) is 0 Å². The van der Waals surface area contributed by atoms with E-state index >= 15 is 0 Å². The van der Waals surface area contributed by atoms with Crippen molar-refractivity contribution in [2.75, 3.05) is 38.6 Å². The molecule has 0 atom stereocenters. The summed E-state index contributed by atoms with van der Waals surface area (Å²) in [5.74, 6) is 1.74. The van der Waals surface area contributed by atoms with E-state index < -0.39 is 0 Å². The van der Waals surface area contributed by atoms with Gasteiger partial charge in [-0.15, -0.1) is 0 Å². The van der Waals surface area contributed by atoms with Gasteiger partial charge in [0.15, 0.2) is 5.11 Å². The number of ether oxygens (including phenoxy) is 1. The van der Waals surface area contributed by atoms with Crippen molar-refractivity contribution in [3.8, 4) is 5.75 Å². The third-order valence-electron chi connectivity index (χ3n) is 4.83. The lowest BCUT2D eigenvalue weighted by Gasteiger charge is -2.29. The molecule has 1 aromatic carbocycles. The summed E-state index contributed by atoms with van der Waals surface area (Å²) in [7, 11) is 1.67. The summed E-state index contributed by atoms with van der Waals surface area (Å²) < 4.78 is 10.8. The van der Waals surface area contributed by atoms with E-state index in [1.807, 2.05) is 36.4 Å². The molecule has 3 rings (SSSR count). The van der Waals surface area contributed by atoms with E-state index in [0.29, 0.717) is 11.7 Å². The van der Waals surface area contributed by atoms with Gasteiger partial charge in [0.25, 0.3) is 0 Å². The lowest BCUT2D eigenvalue weighted by Crippen LogP contribution is -3.13. The monoisotopic (exact) mass is 374 g/mol. The molecular formula is C20H28N3O2S+. The highest BCUT2D eigenvalue weighted by Gasteiger charge is 2.18. The van der Waals surface area contributed by atoms with Crippen LogP contribution in [0, 0.1) is 0 Å². The van der Waals surface area contributed by atoms with Gasteiger partial charge < -0.3 is 24.3 Å². The Morgan fingerprint density at radius 3 is 2.81 bits per heavy atom. The van der Waals surface area contributed by atoms with Crippen molar-refractivity contribution in [3.63, 3.8) is 0 Å². The van der Waals surface area contributed by atoms with Crippen molar-refractivity contribution in [2.45, 2.75) is 25.8 Å². The van der Waals surface area contributed by atoms with E-state index in [-0.39, 0.29) is 0 Å². The zero-order chi connectivity index (χ0) is 18.2. The standard InChI is InChI=1S/C20H27N3O2S/c1-24-18-8-5-7-17(15-18)21-20(26)23(16-19-9-6-14-25-19)13-12-22-10-3-2-4-11-22/h5-9,14-15H,2-4,10-13,16H2,1H3,(H,21,26)/p+1. The summed E-state index contributed by atoms with van der Waals surface area (Å²) in [5, 5.41) is 4.06. The van der Waals surface area contributed by atoms with Crippen molar-refractivity contribution < 1.29 is 14.1 Å². The van der Waals surface area contributed by atoms with Gasteiger partial charge in [0, 0.05) is 11.8 Å². The molecule has 2 aromatic rings. The normalized spacial score (nSPS) is 14.8. The Hall–Kier alpha value is -2.05. The third-order valence-corrected chi connectivity index (χ3v) is 5.19. The molecule has 140 valence electrons. The Kier molecular flexibility index (Phi) is 6.91. The average Bonchev–Trinajstić information content (AvgIpc) is 3.19.